The number of nitrogens with two attached hydrogens (primary N) is 1. The lowest BCUT2D eigenvalue weighted by Crippen LogP contribution is -2.43. The maximum Gasteiger partial charge on any atom is 0.264 e. The van der Waals surface area contributed by atoms with Crippen molar-refractivity contribution < 1.29 is 13.2 Å². The van der Waals surface area contributed by atoms with Gasteiger partial charge in [-0.3, -0.25) is 4.79 Å². The van der Waals surface area contributed by atoms with Gasteiger partial charge in [0.25, 0.3) is 15.9 Å². The van der Waals surface area contributed by atoms with Crippen molar-refractivity contribution in [2.24, 2.45) is 0 Å². The summed E-state index contributed by atoms with van der Waals surface area (Å²) in [7, 11) is -3.95. The molecule has 8 nitrogen and oxygen atoms in total. The van der Waals surface area contributed by atoms with Crippen LogP contribution >= 0.6 is 11.3 Å². The molecule has 4 N–H and O–H groups in total. The van der Waals surface area contributed by atoms with Crippen molar-refractivity contribution in [3.63, 3.8) is 0 Å². The Balaban J connectivity index is 1.64. The molecule has 27 heavy (non-hydrogen) atoms. The van der Waals surface area contributed by atoms with Crippen molar-refractivity contribution in [1.82, 2.24) is 20.0 Å². The number of sulfonamides is 1. The summed E-state index contributed by atoms with van der Waals surface area (Å²) >= 11 is 1.39. The third kappa shape index (κ3) is 3.51. The number of rotatable bonds is 4. The number of carbonyl (C=O) groups excluding carboxylic acids is 1. The fourth-order valence-electron chi connectivity index (χ4n) is 3.00. The standard InChI is InChI=1S/C17H17N5O3S2/c18-16-15-13(20-9-21-16)8-14(26-15)10-3-1-4-11(7-10)27(24,25)22-17(23)12-5-2-6-19-12/h1,3-4,7-9,12,19H,2,5-6H2,(H,22,23)(H2,18,20,21). The average molecular weight is 403 g/mol. The monoisotopic (exact) mass is 403 g/mol. The predicted octanol–water partition coefficient (Wildman–Crippen LogP) is 1.50. The van der Waals surface area contributed by atoms with Gasteiger partial charge in [-0.05, 0) is 43.1 Å². The van der Waals surface area contributed by atoms with Gasteiger partial charge in [0, 0.05) is 4.88 Å². The predicted molar refractivity (Wildman–Crippen MR) is 104 cm³/mol. The highest BCUT2D eigenvalue weighted by Gasteiger charge is 2.27. The Labute approximate surface area is 159 Å². The number of hydrogen-bond acceptors (Lipinski definition) is 8. The molecule has 1 saturated heterocycles. The molecule has 0 saturated carbocycles. The van der Waals surface area contributed by atoms with Gasteiger partial charge in [0.15, 0.2) is 0 Å². The molecule has 0 spiro atoms. The zero-order valence-corrected chi connectivity index (χ0v) is 15.8. The number of benzene rings is 1. The second-order valence-electron chi connectivity index (χ2n) is 6.23. The van der Waals surface area contributed by atoms with E-state index in [1.807, 2.05) is 6.07 Å². The minimum absolute atomic E-state index is 0.0304. The van der Waals surface area contributed by atoms with Gasteiger partial charge in [-0.15, -0.1) is 11.3 Å². The molecule has 3 aromatic rings. The summed E-state index contributed by atoms with van der Waals surface area (Å²) in [5, 5.41) is 2.99. The molecule has 1 unspecified atom stereocenters. The lowest BCUT2D eigenvalue weighted by molar-refractivity contribution is -0.121. The first-order valence-electron chi connectivity index (χ1n) is 8.34. The first-order valence-corrected chi connectivity index (χ1v) is 10.6. The lowest BCUT2D eigenvalue weighted by atomic mass is 10.2. The Morgan fingerprint density at radius 2 is 2.15 bits per heavy atom. The zero-order valence-electron chi connectivity index (χ0n) is 14.2. The van der Waals surface area contributed by atoms with Crippen LogP contribution in [0.25, 0.3) is 20.7 Å². The summed E-state index contributed by atoms with van der Waals surface area (Å²) in [5.74, 6) is -0.140. The number of nitrogen functional groups attached to an aromatic ring is 1. The molecule has 1 atom stereocenters. The topological polar surface area (TPSA) is 127 Å². The van der Waals surface area contributed by atoms with E-state index < -0.39 is 22.0 Å². The van der Waals surface area contributed by atoms with E-state index in [4.69, 9.17) is 5.73 Å². The van der Waals surface area contributed by atoms with Gasteiger partial charge in [0.1, 0.15) is 12.1 Å². The molecule has 1 aromatic carbocycles. The Hall–Kier alpha value is -2.56. The van der Waals surface area contributed by atoms with Crippen molar-refractivity contribution in [2.45, 2.75) is 23.8 Å². The van der Waals surface area contributed by atoms with Gasteiger partial charge >= 0.3 is 0 Å². The highest BCUT2D eigenvalue weighted by molar-refractivity contribution is 7.90. The normalized spacial score (nSPS) is 17.3. The summed E-state index contributed by atoms with van der Waals surface area (Å²) in [6, 6.07) is 7.81. The van der Waals surface area contributed by atoms with Crippen LogP contribution < -0.4 is 15.8 Å². The van der Waals surface area contributed by atoms with E-state index in [0.717, 1.165) is 16.0 Å². The molecular formula is C17H17N5O3S2. The van der Waals surface area contributed by atoms with E-state index in [0.29, 0.717) is 29.9 Å². The van der Waals surface area contributed by atoms with Crippen LogP contribution in [0, 0.1) is 0 Å². The minimum Gasteiger partial charge on any atom is -0.382 e. The van der Waals surface area contributed by atoms with E-state index in [-0.39, 0.29) is 4.90 Å². The number of amides is 1. The Kier molecular flexibility index (Phi) is 4.54. The van der Waals surface area contributed by atoms with Crippen LogP contribution in [0.15, 0.2) is 41.6 Å². The van der Waals surface area contributed by atoms with Crippen LogP contribution in [-0.2, 0) is 14.8 Å². The molecule has 0 radical (unpaired) electrons. The molecule has 4 rings (SSSR count). The van der Waals surface area contributed by atoms with Gasteiger partial charge in [-0.1, -0.05) is 12.1 Å². The van der Waals surface area contributed by atoms with Gasteiger partial charge in [-0.25, -0.2) is 23.1 Å². The molecule has 10 heteroatoms. The third-order valence-corrected chi connectivity index (χ3v) is 6.92. The second-order valence-corrected chi connectivity index (χ2v) is 8.97. The molecule has 1 amide bonds. The maximum absolute atomic E-state index is 12.6. The number of hydrogen-bond donors (Lipinski definition) is 3. The van der Waals surface area contributed by atoms with E-state index in [2.05, 4.69) is 20.0 Å². The number of aromatic nitrogens is 2. The number of carbonyl (C=O) groups is 1. The van der Waals surface area contributed by atoms with Gasteiger partial charge in [0.2, 0.25) is 0 Å². The molecule has 3 heterocycles. The minimum atomic E-state index is -3.95. The van der Waals surface area contributed by atoms with Gasteiger partial charge in [0.05, 0.1) is 21.2 Å². The summed E-state index contributed by atoms with van der Waals surface area (Å²) in [6.07, 6.45) is 2.87. The Morgan fingerprint density at radius 3 is 2.89 bits per heavy atom. The van der Waals surface area contributed by atoms with Crippen molar-refractivity contribution in [1.29, 1.82) is 0 Å². The van der Waals surface area contributed by atoms with Crippen molar-refractivity contribution in [2.75, 3.05) is 12.3 Å². The van der Waals surface area contributed by atoms with Crippen LogP contribution in [0.4, 0.5) is 5.82 Å². The number of thiophene rings is 1. The first-order chi connectivity index (χ1) is 12.9. The highest BCUT2D eigenvalue weighted by Crippen LogP contribution is 2.35. The van der Waals surface area contributed by atoms with Crippen LogP contribution in [0.5, 0.6) is 0 Å². The van der Waals surface area contributed by atoms with Crippen LogP contribution in [0.1, 0.15) is 12.8 Å². The molecular weight excluding hydrogens is 386 g/mol. The number of anilines is 1. The van der Waals surface area contributed by atoms with Gasteiger partial charge in [-0.2, -0.15) is 0 Å². The fraction of sp³-hybridized carbons (Fsp3) is 0.235. The van der Waals surface area contributed by atoms with Crippen molar-refractivity contribution >= 4 is 43.3 Å². The maximum atomic E-state index is 12.6. The van der Waals surface area contributed by atoms with Crippen molar-refractivity contribution in [3.8, 4) is 10.4 Å². The summed E-state index contributed by atoms with van der Waals surface area (Å²) in [4.78, 5) is 21.2. The first kappa shape index (κ1) is 17.8. The molecule has 0 bridgehead atoms. The molecule has 140 valence electrons. The molecule has 1 aliphatic rings. The number of nitrogens with zero attached hydrogens (tertiary/aromatic N) is 2. The van der Waals surface area contributed by atoms with Crippen LogP contribution in [0.3, 0.4) is 0 Å². The SMILES string of the molecule is Nc1ncnc2cc(-c3cccc(S(=O)(=O)NC(=O)C4CCCN4)c3)sc12. The van der Waals surface area contributed by atoms with Crippen LogP contribution in [0.2, 0.25) is 0 Å². The number of fused-ring (bicyclic) bond motifs is 1. The third-order valence-electron chi connectivity index (χ3n) is 4.38. The van der Waals surface area contributed by atoms with Gasteiger partial charge < -0.3 is 11.1 Å². The Bertz CT molecular complexity index is 1120. The molecule has 1 aliphatic heterocycles. The zero-order chi connectivity index (χ0) is 19.0. The average Bonchev–Trinajstić information content (AvgIpc) is 3.32. The smallest absolute Gasteiger partial charge is 0.264 e. The largest absolute Gasteiger partial charge is 0.382 e. The van der Waals surface area contributed by atoms with Crippen molar-refractivity contribution in [3.05, 3.63) is 36.7 Å². The summed E-state index contributed by atoms with van der Waals surface area (Å²) < 4.78 is 28.1. The summed E-state index contributed by atoms with van der Waals surface area (Å²) in [5.41, 5.74) is 7.28. The Morgan fingerprint density at radius 1 is 1.30 bits per heavy atom. The fourth-order valence-corrected chi connectivity index (χ4v) is 5.08. The highest BCUT2D eigenvalue weighted by atomic mass is 32.2. The quantitative estimate of drug-likeness (QED) is 0.602. The molecule has 0 aliphatic carbocycles. The van der Waals surface area contributed by atoms with E-state index in [9.17, 15) is 13.2 Å². The molecule has 1 fully saturated rings. The lowest BCUT2D eigenvalue weighted by Gasteiger charge is -2.12. The van der Waals surface area contributed by atoms with E-state index in [1.165, 1.54) is 29.8 Å². The van der Waals surface area contributed by atoms with E-state index >= 15 is 0 Å². The number of nitrogens with one attached hydrogen (secondary N) is 2. The van der Waals surface area contributed by atoms with Crippen LogP contribution in [-0.4, -0.2) is 36.9 Å². The van der Waals surface area contributed by atoms with E-state index in [1.54, 1.807) is 12.1 Å². The molecule has 2 aromatic heterocycles. The summed E-state index contributed by atoms with van der Waals surface area (Å²) in [6.45, 7) is 0.714. The second kappa shape index (κ2) is 6.87.